The van der Waals surface area contributed by atoms with Crippen LogP contribution in [0.1, 0.15) is 16.7 Å². The van der Waals surface area contributed by atoms with Crippen LogP contribution in [0.4, 0.5) is 5.69 Å². The molecule has 0 aliphatic carbocycles. The van der Waals surface area contributed by atoms with Crippen LogP contribution in [0, 0.1) is 11.3 Å². The summed E-state index contributed by atoms with van der Waals surface area (Å²) >= 11 is 0. The van der Waals surface area contributed by atoms with Gasteiger partial charge in [0.15, 0.2) is 0 Å². The third-order valence-electron chi connectivity index (χ3n) is 8.34. The minimum absolute atomic E-state index is 0.573. The Morgan fingerprint density at radius 3 is 1.67 bits per heavy atom. The summed E-state index contributed by atoms with van der Waals surface area (Å²) in [6, 6.07) is 61.6. The maximum atomic E-state index is 9.60. The molecule has 49 heavy (non-hydrogen) atoms. The number of aliphatic imine (C=N–C) groups is 2. The zero-order chi connectivity index (χ0) is 33.4. The molecule has 7 aromatic rings. The van der Waals surface area contributed by atoms with Crippen LogP contribution in [0.5, 0.6) is 0 Å². The molecule has 1 heterocycles. The summed E-state index contributed by atoms with van der Waals surface area (Å²) in [6.07, 6.45) is 0. The lowest BCUT2D eigenvalue weighted by molar-refractivity contribution is 1.32. The van der Waals surface area contributed by atoms with Crippen molar-refractivity contribution in [3.05, 3.63) is 193 Å². The highest BCUT2D eigenvalue weighted by Gasteiger charge is 2.17. The molecule has 0 aliphatic heterocycles. The van der Waals surface area contributed by atoms with Crippen molar-refractivity contribution >= 4 is 17.1 Å². The van der Waals surface area contributed by atoms with Crippen LogP contribution in [0.3, 0.4) is 0 Å². The number of para-hydroxylation sites is 1. The molecule has 0 atom stereocenters. The van der Waals surface area contributed by atoms with Crippen LogP contribution in [-0.2, 0) is 0 Å². The molecule has 0 unspecified atom stereocenters. The molecule has 0 spiro atoms. The molecule has 1 aromatic heterocycles. The summed E-state index contributed by atoms with van der Waals surface area (Å²) in [5.41, 5.74) is 12.9. The maximum absolute atomic E-state index is 9.60. The Balaban J connectivity index is 1.32. The first-order valence-electron chi connectivity index (χ1n) is 16.1. The lowest BCUT2D eigenvalue weighted by Gasteiger charge is -2.14. The van der Waals surface area contributed by atoms with Crippen molar-refractivity contribution < 1.29 is 0 Å². The first kappa shape index (κ1) is 30.9. The van der Waals surface area contributed by atoms with E-state index in [0.717, 1.165) is 67.3 Å². The lowest BCUT2D eigenvalue weighted by Crippen LogP contribution is -2.17. The van der Waals surface area contributed by atoms with Crippen molar-refractivity contribution in [2.75, 3.05) is 7.05 Å². The third kappa shape index (κ3) is 7.02. The maximum Gasteiger partial charge on any atom is 0.0991 e. The van der Waals surface area contributed by atoms with Crippen molar-refractivity contribution in [2.24, 2.45) is 9.98 Å². The summed E-state index contributed by atoms with van der Waals surface area (Å²) in [6.45, 7) is 0. The second-order valence-electron chi connectivity index (χ2n) is 11.6. The van der Waals surface area contributed by atoms with Crippen LogP contribution >= 0.6 is 0 Å². The normalized spacial score (nSPS) is 11.6. The second-order valence-corrected chi connectivity index (χ2v) is 11.6. The fourth-order valence-corrected chi connectivity index (χ4v) is 5.93. The van der Waals surface area contributed by atoms with Gasteiger partial charge in [-0.3, -0.25) is 4.99 Å². The molecule has 4 heteroatoms. The molecule has 0 saturated carbocycles. The molecule has 4 nitrogen and oxygen atoms in total. The van der Waals surface area contributed by atoms with Gasteiger partial charge in [-0.05, 0) is 70.8 Å². The summed E-state index contributed by atoms with van der Waals surface area (Å²) < 4.78 is 0. The van der Waals surface area contributed by atoms with Gasteiger partial charge in [-0.2, -0.15) is 5.26 Å². The van der Waals surface area contributed by atoms with E-state index >= 15 is 0 Å². The quantitative estimate of drug-likeness (QED) is 0.157. The Labute approximate surface area is 287 Å². The molecule has 6 aromatic carbocycles. The summed E-state index contributed by atoms with van der Waals surface area (Å²) in [7, 11) is 1.77. The minimum atomic E-state index is 0.573. The van der Waals surface area contributed by atoms with Gasteiger partial charge in [0.2, 0.25) is 0 Å². The van der Waals surface area contributed by atoms with E-state index in [4.69, 9.17) is 15.0 Å². The van der Waals surface area contributed by atoms with Crippen LogP contribution in [-0.4, -0.2) is 23.5 Å². The van der Waals surface area contributed by atoms with Crippen LogP contribution in [0.15, 0.2) is 186 Å². The van der Waals surface area contributed by atoms with Gasteiger partial charge in [0.1, 0.15) is 0 Å². The van der Waals surface area contributed by atoms with E-state index in [1.54, 1.807) is 13.1 Å². The van der Waals surface area contributed by atoms with Gasteiger partial charge < -0.3 is 0 Å². The summed E-state index contributed by atoms with van der Waals surface area (Å²) in [5, 5.41) is 9.60. The Morgan fingerprint density at radius 2 is 1.00 bits per heavy atom. The predicted octanol–water partition coefficient (Wildman–Crippen LogP) is 10.9. The zero-order valence-corrected chi connectivity index (χ0v) is 27.0. The van der Waals surface area contributed by atoms with Crippen LogP contribution in [0.2, 0.25) is 0 Å². The molecular weight excluding hydrogens is 597 g/mol. The Hall–Kier alpha value is -6.70. The number of hydrogen-bond acceptors (Lipinski definition) is 4. The predicted molar refractivity (Wildman–Crippen MR) is 202 cm³/mol. The first-order chi connectivity index (χ1) is 24.2. The number of hydrogen-bond donors (Lipinski definition) is 0. The Kier molecular flexibility index (Phi) is 9.08. The molecule has 0 bridgehead atoms. The van der Waals surface area contributed by atoms with E-state index in [2.05, 4.69) is 103 Å². The molecule has 232 valence electrons. The number of nitriles is 1. The van der Waals surface area contributed by atoms with Crippen LogP contribution < -0.4 is 0 Å². The zero-order valence-electron chi connectivity index (χ0n) is 27.0. The van der Waals surface area contributed by atoms with Crippen molar-refractivity contribution in [2.45, 2.75) is 0 Å². The SMILES string of the molecule is CN=C(C(=Nc1ccccc1)c1cccc(-c2cccc(-c3cc(-c4ccccc4)cc(-c4ccccc4)n3)c2)c1)c1cccc(C#N)c1. The standard InChI is InChI=1S/C45H32N4/c1-47-44(38-22-11-14-32(26-38)31-46)45(48-41-24-9-4-10-25-41)39-23-13-20-36(28-39)35-19-12-21-37(27-35)43-30-40(33-15-5-2-6-16-33)29-42(49-43)34-17-7-3-8-18-34/h2-30H,1H3. The largest absolute Gasteiger partial charge is 0.286 e. The average molecular weight is 629 g/mol. The van der Waals surface area contributed by atoms with Crippen LogP contribution in [0.25, 0.3) is 44.8 Å². The lowest BCUT2D eigenvalue weighted by atomic mass is 9.94. The van der Waals surface area contributed by atoms with Gasteiger partial charge in [0, 0.05) is 29.3 Å². The number of rotatable bonds is 8. The highest BCUT2D eigenvalue weighted by atomic mass is 14.8. The summed E-state index contributed by atoms with van der Waals surface area (Å²) in [5.74, 6) is 0. The Bertz CT molecular complexity index is 2280. The highest BCUT2D eigenvalue weighted by molar-refractivity contribution is 6.54. The van der Waals surface area contributed by atoms with E-state index < -0.39 is 0 Å². The molecule has 0 radical (unpaired) electrons. The minimum Gasteiger partial charge on any atom is -0.286 e. The van der Waals surface area contributed by atoms with Gasteiger partial charge >= 0.3 is 0 Å². The van der Waals surface area contributed by atoms with Crippen molar-refractivity contribution in [1.82, 2.24) is 4.98 Å². The first-order valence-corrected chi connectivity index (χ1v) is 16.1. The molecule has 0 amide bonds. The van der Waals surface area contributed by atoms with Crippen molar-refractivity contribution in [3.8, 4) is 50.8 Å². The van der Waals surface area contributed by atoms with E-state index in [1.165, 1.54) is 0 Å². The monoisotopic (exact) mass is 628 g/mol. The van der Waals surface area contributed by atoms with Crippen molar-refractivity contribution in [1.29, 1.82) is 5.26 Å². The molecule has 0 aliphatic rings. The highest BCUT2D eigenvalue weighted by Crippen LogP contribution is 2.32. The summed E-state index contributed by atoms with van der Waals surface area (Å²) in [4.78, 5) is 15.0. The van der Waals surface area contributed by atoms with Gasteiger partial charge in [0.25, 0.3) is 0 Å². The second kappa shape index (κ2) is 14.4. The fraction of sp³-hybridized carbons (Fsp3) is 0.0222. The van der Waals surface area contributed by atoms with Gasteiger partial charge in [-0.1, -0.05) is 127 Å². The molecule has 0 N–H and O–H groups in total. The smallest absolute Gasteiger partial charge is 0.0991 e. The Morgan fingerprint density at radius 1 is 0.469 bits per heavy atom. The van der Waals surface area contributed by atoms with Gasteiger partial charge in [-0.25, -0.2) is 9.98 Å². The number of pyridine rings is 1. The van der Waals surface area contributed by atoms with E-state index in [0.29, 0.717) is 11.3 Å². The molecular formula is C45H32N4. The van der Waals surface area contributed by atoms with E-state index in [9.17, 15) is 5.26 Å². The third-order valence-corrected chi connectivity index (χ3v) is 8.34. The fourth-order valence-electron chi connectivity index (χ4n) is 5.93. The van der Waals surface area contributed by atoms with Gasteiger partial charge in [-0.15, -0.1) is 0 Å². The van der Waals surface area contributed by atoms with Gasteiger partial charge in [0.05, 0.1) is 40.1 Å². The molecule has 7 rings (SSSR count). The topological polar surface area (TPSA) is 61.4 Å². The van der Waals surface area contributed by atoms with E-state index in [1.807, 2.05) is 72.8 Å². The molecule has 0 fully saturated rings. The van der Waals surface area contributed by atoms with Crippen molar-refractivity contribution in [3.63, 3.8) is 0 Å². The molecule has 0 saturated heterocycles. The number of benzene rings is 6. The average Bonchev–Trinajstić information content (AvgIpc) is 3.19. The number of aromatic nitrogens is 1. The van der Waals surface area contributed by atoms with E-state index in [-0.39, 0.29) is 0 Å². The number of nitrogens with zero attached hydrogens (tertiary/aromatic N) is 4.